The van der Waals surface area contributed by atoms with Gasteiger partial charge in [0.2, 0.25) is 0 Å². The summed E-state index contributed by atoms with van der Waals surface area (Å²) in [5, 5.41) is 0. The highest BCUT2D eigenvalue weighted by molar-refractivity contribution is 6.46. The molecule has 148 valence electrons. The van der Waals surface area contributed by atoms with Gasteiger partial charge in [-0.3, -0.25) is 14.6 Å². The standard InChI is InChI=1S/C22H19F2N3O2/c23-14-10-13(11-15(24)12-14)19-7-6-18-17(20(26-19)21(25)28)8-9-27(22(18)29)16-4-2-1-3-5-16/h1-5,10-12,19H,6-9H2,(H2,25,28). The fourth-order valence-electron chi connectivity index (χ4n) is 3.94. The molecule has 2 aromatic rings. The zero-order valence-corrected chi connectivity index (χ0v) is 15.6. The van der Waals surface area contributed by atoms with E-state index in [1.54, 1.807) is 4.90 Å². The van der Waals surface area contributed by atoms with Crippen molar-refractivity contribution in [2.24, 2.45) is 10.7 Å². The Morgan fingerprint density at radius 1 is 1.03 bits per heavy atom. The van der Waals surface area contributed by atoms with Crippen LogP contribution in [0.25, 0.3) is 0 Å². The number of anilines is 1. The van der Waals surface area contributed by atoms with Gasteiger partial charge < -0.3 is 10.6 Å². The average Bonchev–Trinajstić information content (AvgIpc) is 2.89. The van der Waals surface area contributed by atoms with E-state index in [4.69, 9.17) is 5.73 Å². The fourth-order valence-corrected chi connectivity index (χ4v) is 3.94. The SMILES string of the molecule is NC(=O)C1=NC(c2cc(F)cc(F)c2)CCC2=C1CCN(c1ccccc1)C2=O. The predicted octanol–water partition coefficient (Wildman–Crippen LogP) is 3.46. The molecule has 0 bridgehead atoms. The van der Waals surface area contributed by atoms with Gasteiger partial charge in [-0.25, -0.2) is 8.78 Å². The number of para-hydroxylation sites is 1. The third kappa shape index (κ3) is 3.68. The van der Waals surface area contributed by atoms with Crippen molar-refractivity contribution < 1.29 is 18.4 Å². The van der Waals surface area contributed by atoms with Crippen LogP contribution < -0.4 is 10.6 Å². The molecule has 0 saturated heterocycles. The Labute approximate surface area is 166 Å². The van der Waals surface area contributed by atoms with Crippen molar-refractivity contribution >= 4 is 23.2 Å². The highest BCUT2D eigenvalue weighted by Gasteiger charge is 2.34. The number of aliphatic imine (C=N–C) groups is 1. The number of halogens is 2. The van der Waals surface area contributed by atoms with Crippen LogP contribution in [-0.2, 0) is 9.59 Å². The number of amides is 2. The highest BCUT2D eigenvalue weighted by Crippen LogP contribution is 2.35. The Morgan fingerprint density at radius 2 is 1.72 bits per heavy atom. The van der Waals surface area contributed by atoms with Crippen LogP contribution in [-0.4, -0.2) is 24.1 Å². The minimum Gasteiger partial charge on any atom is -0.364 e. The minimum atomic E-state index is -0.748. The second-order valence-electron chi connectivity index (χ2n) is 7.10. The molecule has 0 aromatic heterocycles. The number of benzene rings is 2. The Morgan fingerprint density at radius 3 is 2.38 bits per heavy atom. The van der Waals surface area contributed by atoms with Gasteiger partial charge in [-0.15, -0.1) is 0 Å². The lowest BCUT2D eigenvalue weighted by atomic mass is 9.91. The molecule has 2 aromatic carbocycles. The minimum absolute atomic E-state index is 0.0215. The zero-order valence-electron chi connectivity index (χ0n) is 15.6. The number of carbonyl (C=O) groups is 2. The topological polar surface area (TPSA) is 75.8 Å². The van der Waals surface area contributed by atoms with Gasteiger partial charge in [-0.05, 0) is 54.7 Å². The van der Waals surface area contributed by atoms with Crippen LogP contribution in [0.3, 0.4) is 0 Å². The monoisotopic (exact) mass is 395 g/mol. The third-order valence-corrected chi connectivity index (χ3v) is 5.26. The number of rotatable bonds is 3. The van der Waals surface area contributed by atoms with E-state index >= 15 is 0 Å². The summed E-state index contributed by atoms with van der Waals surface area (Å²) >= 11 is 0. The van der Waals surface area contributed by atoms with Crippen molar-refractivity contribution in [1.29, 1.82) is 0 Å². The van der Waals surface area contributed by atoms with E-state index in [1.807, 2.05) is 30.3 Å². The van der Waals surface area contributed by atoms with E-state index in [-0.39, 0.29) is 11.6 Å². The molecule has 1 unspecified atom stereocenters. The first-order chi connectivity index (χ1) is 13.9. The maximum absolute atomic E-state index is 13.7. The van der Waals surface area contributed by atoms with Crippen molar-refractivity contribution in [2.45, 2.75) is 25.3 Å². The van der Waals surface area contributed by atoms with Crippen LogP contribution in [0.15, 0.2) is 64.7 Å². The second-order valence-corrected chi connectivity index (χ2v) is 7.10. The number of primary amides is 1. The highest BCUT2D eigenvalue weighted by atomic mass is 19.1. The number of nitrogens with two attached hydrogens (primary N) is 1. The molecule has 5 nitrogen and oxygen atoms in total. The molecule has 0 fully saturated rings. The Hall–Kier alpha value is -3.35. The van der Waals surface area contributed by atoms with Gasteiger partial charge in [0.05, 0.1) is 6.04 Å². The lowest BCUT2D eigenvalue weighted by molar-refractivity contribution is -0.115. The molecule has 0 radical (unpaired) electrons. The van der Waals surface area contributed by atoms with Crippen molar-refractivity contribution in [1.82, 2.24) is 0 Å². The summed E-state index contributed by atoms with van der Waals surface area (Å²) in [6, 6.07) is 11.8. The van der Waals surface area contributed by atoms with E-state index < -0.39 is 23.6 Å². The van der Waals surface area contributed by atoms with Gasteiger partial charge >= 0.3 is 0 Å². The van der Waals surface area contributed by atoms with Crippen molar-refractivity contribution in [3.05, 3.63) is 76.9 Å². The van der Waals surface area contributed by atoms with Gasteiger partial charge in [0, 0.05) is 23.9 Å². The number of nitrogens with zero attached hydrogens (tertiary/aromatic N) is 2. The summed E-state index contributed by atoms with van der Waals surface area (Å²) in [5.74, 6) is -2.38. The molecule has 4 rings (SSSR count). The fraction of sp³-hybridized carbons (Fsp3) is 0.227. The quantitative estimate of drug-likeness (QED) is 0.864. The Kier molecular flexibility index (Phi) is 4.96. The van der Waals surface area contributed by atoms with Gasteiger partial charge in [0.1, 0.15) is 17.3 Å². The van der Waals surface area contributed by atoms with Crippen LogP contribution in [0, 0.1) is 11.6 Å². The van der Waals surface area contributed by atoms with E-state index in [0.29, 0.717) is 42.5 Å². The van der Waals surface area contributed by atoms with Crippen molar-refractivity contribution in [2.75, 3.05) is 11.4 Å². The molecular formula is C22H19F2N3O2. The van der Waals surface area contributed by atoms with Gasteiger partial charge in [0.25, 0.3) is 11.8 Å². The first-order valence-electron chi connectivity index (χ1n) is 9.37. The van der Waals surface area contributed by atoms with Crippen LogP contribution in [0.4, 0.5) is 14.5 Å². The molecule has 0 spiro atoms. The molecule has 2 amide bonds. The predicted molar refractivity (Wildman–Crippen MR) is 105 cm³/mol. The third-order valence-electron chi connectivity index (χ3n) is 5.26. The maximum Gasteiger partial charge on any atom is 0.267 e. The number of carbonyl (C=O) groups excluding carboxylic acids is 2. The lowest BCUT2D eigenvalue weighted by Crippen LogP contribution is -2.40. The largest absolute Gasteiger partial charge is 0.364 e. The maximum atomic E-state index is 13.7. The summed E-state index contributed by atoms with van der Waals surface area (Å²) in [6.45, 7) is 0.396. The normalized spacial score (nSPS) is 19.5. The van der Waals surface area contributed by atoms with Crippen molar-refractivity contribution in [3.63, 3.8) is 0 Å². The van der Waals surface area contributed by atoms with Crippen LogP contribution >= 0.6 is 0 Å². The molecule has 2 heterocycles. The smallest absolute Gasteiger partial charge is 0.267 e. The lowest BCUT2D eigenvalue weighted by Gasteiger charge is -2.30. The first-order valence-corrected chi connectivity index (χ1v) is 9.37. The molecule has 0 saturated carbocycles. The molecule has 2 aliphatic heterocycles. The van der Waals surface area contributed by atoms with E-state index in [0.717, 1.165) is 11.8 Å². The Balaban J connectivity index is 1.72. The van der Waals surface area contributed by atoms with Gasteiger partial charge in [0.15, 0.2) is 0 Å². The van der Waals surface area contributed by atoms with E-state index in [1.165, 1.54) is 12.1 Å². The summed E-state index contributed by atoms with van der Waals surface area (Å²) in [7, 11) is 0. The zero-order chi connectivity index (χ0) is 20.5. The summed E-state index contributed by atoms with van der Waals surface area (Å²) in [6.07, 6.45) is 1.11. The summed E-state index contributed by atoms with van der Waals surface area (Å²) in [4.78, 5) is 31.4. The summed E-state index contributed by atoms with van der Waals surface area (Å²) < 4.78 is 27.4. The first kappa shape index (κ1) is 19.0. The van der Waals surface area contributed by atoms with Crippen LogP contribution in [0.2, 0.25) is 0 Å². The van der Waals surface area contributed by atoms with Crippen molar-refractivity contribution in [3.8, 4) is 0 Å². The summed E-state index contributed by atoms with van der Waals surface area (Å²) in [5.41, 5.74) is 7.69. The molecule has 1 atom stereocenters. The molecule has 0 aliphatic carbocycles. The average molecular weight is 395 g/mol. The van der Waals surface area contributed by atoms with Crippen LogP contribution in [0.5, 0.6) is 0 Å². The molecular weight excluding hydrogens is 376 g/mol. The molecule has 2 aliphatic rings. The Bertz CT molecular complexity index is 1030. The number of hydrogen-bond donors (Lipinski definition) is 1. The van der Waals surface area contributed by atoms with E-state index in [9.17, 15) is 18.4 Å². The van der Waals surface area contributed by atoms with Gasteiger partial charge in [-0.1, -0.05) is 18.2 Å². The molecule has 2 N–H and O–H groups in total. The number of hydrogen-bond acceptors (Lipinski definition) is 3. The molecule has 29 heavy (non-hydrogen) atoms. The van der Waals surface area contributed by atoms with Gasteiger partial charge in [-0.2, -0.15) is 0 Å². The van der Waals surface area contributed by atoms with E-state index in [2.05, 4.69) is 4.99 Å². The van der Waals surface area contributed by atoms with Crippen LogP contribution in [0.1, 0.15) is 30.9 Å². The second kappa shape index (κ2) is 7.58. The molecule has 7 heteroatoms.